The van der Waals surface area contributed by atoms with Crippen molar-refractivity contribution in [2.45, 2.75) is 6.54 Å². The van der Waals surface area contributed by atoms with Crippen LogP contribution < -0.4 is 10.6 Å². The maximum absolute atomic E-state index is 8.77. The molecule has 0 aliphatic carbocycles. The van der Waals surface area contributed by atoms with Crippen molar-refractivity contribution in [1.29, 1.82) is 5.26 Å². The molecule has 3 nitrogen and oxygen atoms in total. The standard InChI is InChI=1S/C15H14BrN3/c1-19(15-7-6-13(16)8-14(15)18)10-12-4-2-11(9-17)3-5-12/h2-8H,10,18H2,1H3. The first-order chi connectivity index (χ1) is 9.10. The van der Waals surface area contributed by atoms with Gasteiger partial charge in [-0.3, -0.25) is 0 Å². The quantitative estimate of drug-likeness (QED) is 0.881. The highest BCUT2D eigenvalue weighted by Crippen LogP contribution is 2.26. The van der Waals surface area contributed by atoms with Gasteiger partial charge in [0.25, 0.3) is 0 Å². The predicted molar refractivity (Wildman–Crippen MR) is 81.8 cm³/mol. The molecule has 96 valence electrons. The average molecular weight is 316 g/mol. The Morgan fingerprint density at radius 2 is 1.89 bits per heavy atom. The molecule has 0 amide bonds. The lowest BCUT2D eigenvalue weighted by molar-refractivity contribution is 0.924. The first kappa shape index (κ1) is 13.4. The van der Waals surface area contributed by atoms with Crippen LogP contribution in [-0.2, 0) is 6.54 Å². The zero-order valence-electron chi connectivity index (χ0n) is 10.6. The Bertz CT molecular complexity index is 614. The molecular weight excluding hydrogens is 302 g/mol. The highest BCUT2D eigenvalue weighted by molar-refractivity contribution is 9.10. The fourth-order valence-electron chi connectivity index (χ4n) is 1.92. The van der Waals surface area contributed by atoms with Gasteiger partial charge in [-0.25, -0.2) is 0 Å². The summed E-state index contributed by atoms with van der Waals surface area (Å²) in [4.78, 5) is 2.09. The van der Waals surface area contributed by atoms with E-state index in [2.05, 4.69) is 26.9 Å². The van der Waals surface area contributed by atoms with Gasteiger partial charge in [0.2, 0.25) is 0 Å². The molecule has 0 bridgehead atoms. The van der Waals surface area contributed by atoms with Crippen molar-refractivity contribution in [2.75, 3.05) is 17.7 Å². The molecule has 0 unspecified atom stereocenters. The van der Waals surface area contributed by atoms with Crippen LogP contribution in [0, 0.1) is 11.3 Å². The first-order valence-corrected chi connectivity index (χ1v) is 6.64. The molecule has 0 saturated carbocycles. The van der Waals surface area contributed by atoms with E-state index >= 15 is 0 Å². The highest BCUT2D eigenvalue weighted by atomic mass is 79.9. The monoisotopic (exact) mass is 315 g/mol. The number of nitriles is 1. The predicted octanol–water partition coefficient (Wildman–Crippen LogP) is 3.54. The Morgan fingerprint density at radius 3 is 2.47 bits per heavy atom. The normalized spacial score (nSPS) is 9.95. The van der Waals surface area contributed by atoms with Crippen molar-refractivity contribution in [3.8, 4) is 6.07 Å². The van der Waals surface area contributed by atoms with Crippen LogP contribution in [0.1, 0.15) is 11.1 Å². The Labute approximate surface area is 121 Å². The third-order valence-electron chi connectivity index (χ3n) is 2.90. The molecule has 2 aromatic rings. The zero-order chi connectivity index (χ0) is 13.8. The molecule has 0 aliphatic rings. The molecule has 2 rings (SSSR count). The maximum Gasteiger partial charge on any atom is 0.0991 e. The van der Waals surface area contributed by atoms with Crippen LogP contribution in [-0.4, -0.2) is 7.05 Å². The first-order valence-electron chi connectivity index (χ1n) is 5.85. The van der Waals surface area contributed by atoms with Gasteiger partial charge in [0.15, 0.2) is 0 Å². The summed E-state index contributed by atoms with van der Waals surface area (Å²) in [6.45, 7) is 0.748. The Balaban J connectivity index is 2.16. The van der Waals surface area contributed by atoms with E-state index in [9.17, 15) is 0 Å². The molecule has 0 fully saturated rings. The maximum atomic E-state index is 8.77. The minimum absolute atomic E-state index is 0.676. The van der Waals surface area contributed by atoms with E-state index in [1.54, 1.807) is 0 Å². The summed E-state index contributed by atoms with van der Waals surface area (Å²) >= 11 is 3.40. The number of halogens is 1. The van der Waals surface area contributed by atoms with Crippen molar-refractivity contribution >= 4 is 27.3 Å². The molecule has 0 saturated heterocycles. The molecule has 0 aliphatic heterocycles. The number of benzene rings is 2. The van der Waals surface area contributed by atoms with Gasteiger partial charge in [0.1, 0.15) is 0 Å². The van der Waals surface area contributed by atoms with Crippen LogP contribution in [0.3, 0.4) is 0 Å². The summed E-state index contributed by atoms with van der Waals surface area (Å²) in [7, 11) is 2.00. The van der Waals surface area contributed by atoms with Gasteiger partial charge >= 0.3 is 0 Å². The second kappa shape index (κ2) is 5.77. The molecule has 0 radical (unpaired) electrons. The number of nitrogens with zero attached hydrogens (tertiary/aromatic N) is 2. The smallest absolute Gasteiger partial charge is 0.0991 e. The number of nitrogen functional groups attached to an aromatic ring is 1. The second-order valence-corrected chi connectivity index (χ2v) is 5.28. The summed E-state index contributed by atoms with van der Waals surface area (Å²) in [5.41, 5.74) is 9.56. The van der Waals surface area contributed by atoms with Crippen LogP contribution in [0.2, 0.25) is 0 Å². The highest BCUT2D eigenvalue weighted by Gasteiger charge is 2.06. The van der Waals surface area contributed by atoms with Crippen molar-refractivity contribution in [2.24, 2.45) is 0 Å². The topological polar surface area (TPSA) is 53.0 Å². The zero-order valence-corrected chi connectivity index (χ0v) is 12.2. The molecular formula is C15H14BrN3. The summed E-state index contributed by atoms with van der Waals surface area (Å²) in [5, 5.41) is 8.77. The van der Waals surface area contributed by atoms with Crippen LogP contribution in [0.15, 0.2) is 46.9 Å². The molecule has 0 heterocycles. The molecule has 2 aromatic carbocycles. The Kier molecular flexibility index (Phi) is 4.08. The van der Waals surface area contributed by atoms with Gasteiger partial charge in [-0.05, 0) is 35.9 Å². The second-order valence-electron chi connectivity index (χ2n) is 4.37. The minimum atomic E-state index is 0.676. The van der Waals surface area contributed by atoms with Gasteiger partial charge in [0, 0.05) is 18.1 Å². The van der Waals surface area contributed by atoms with Crippen molar-refractivity contribution in [3.63, 3.8) is 0 Å². The molecule has 19 heavy (non-hydrogen) atoms. The number of anilines is 2. The van der Waals surface area contributed by atoms with Crippen LogP contribution in [0.25, 0.3) is 0 Å². The van der Waals surface area contributed by atoms with E-state index in [0.29, 0.717) is 5.56 Å². The molecule has 0 aromatic heterocycles. The van der Waals surface area contributed by atoms with Crippen LogP contribution >= 0.6 is 15.9 Å². The van der Waals surface area contributed by atoms with Gasteiger partial charge in [-0.2, -0.15) is 5.26 Å². The summed E-state index contributed by atoms with van der Waals surface area (Å²) in [6.07, 6.45) is 0. The lowest BCUT2D eigenvalue weighted by Gasteiger charge is -2.21. The molecule has 0 atom stereocenters. The lowest BCUT2D eigenvalue weighted by atomic mass is 10.1. The van der Waals surface area contributed by atoms with Crippen LogP contribution in [0.4, 0.5) is 11.4 Å². The van der Waals surface area contributed by atoms with E-state index < -0.39 is 0 Å². The van der Waals surface area contributed by atoms with Gasteiger partial charge in [-0.1, -0.05) is 28.1 Å². The average Bonchev–Trinajstić information content (AvgIpc) is 2.39. The number of hydrogen-bond acceptors (Lipinski definition) is 3. The van der Waals surface area contributed by atoms with Gasteiger partial charge < -0.3 is 10.6 Å². The number of nitrogens with two attached hydrogens (primary N) is 1. The minimum Gasteiger partial charge on any atom is -0.397 e. The largest absolute Gasteiger partial charge is 0.397 e. The van der Waals surface area contributed by atoms with E-state index in [4.69, 9.17) is 11.0 Å². The third kappa shape index (κ3) is 3.27. The molecule has 4 heteroatoms. The molecule has 2 N–H and O–H groups in total. The lowest BCUT2D eigenvalue weighted by Crippen LogP contribution is -2.17. The van der Waals surface area contributed by atoms with Gasteiger partial charge in [0.05, 0.1) is 23.0 Å². The number of rotatable bonds is 3. The van der Waals surface area contributed by atoms with Crippen LogP contribution in [0.5, 0.6) is 0 Å². The third-order valence-corrected chi connectivity index (χ3v) is 3.40. The summed E-state index contributed by atoms with van der Waals surface area (Å²) in [5.74, 6) is 0. The fraction of sp³-hybridized carbons (Fsp3) is 0.133. The SMILES string of the molecule is CN(Cc1ccc(C#N)cc1)c1ccc(Br)cc1N. The van der Waals surface area contributed by atoms with E-state index in [1.807, 2.05) is 49.5 Å². The van der Waals surface area contributed by atoms with Crippen molar-refractivity contribution < 1.29 is 0 Å². The van der Waals surface area contributed by atoms with Gasteiger partial charge in [-0.15, -0.1) is 0 Å². The Hall–Kier alpha value is -1.99. The van der Waals surface area contributed by atoms with Crippen molar-refractivity contribution in [1.82, 2.24) is 0 Å². The van der Waals surface area contributed by atoms with E-state index in [-0.39, 0.29) is 0 Å². The number of hydrogen-bond donors (Lipinski definition) is 1. The molecule has 0 spiro atoms. The van der Waals surface area contributed by atoms with Crippen molar-refractivity contribution in [3.05, 3.63) is 58.1 Å². The van der Waals surface area contributed by atoms with E-state index in [0.717, 1.165) is 28.0 Å². The summed E-state index contributed by atoms with van der Waals surface area (Å²) < 4.78 is 0.973. The Morgan fingerprint density at radius 1 is 1.21 bits per heavy atom. The van der Waals surface area contributed by atoms with E-state index in [1.165, 1.54) is 0 Å². The summed E-state index contributed by atoms with van der Waals surface area (Å²) in [6, 6.07) is 15.6. The fourth-order valence-corrected chi connectivity index (χ4v) is 2.30.